The maximum Gasteiger partial charge on any atom is 0.193 e. The van der Waals surface area contributed by atoms with Gasteiger partial charge in [-0.3, -0.25) is 9.89 Å². The molecule has 2 aliphatic heterocycles. The summed E-state index contributed by atoms with van der Waals surface area (Å²) >= 11 is 1.84. The van der Waals surface area contributed by atoms with Crippen molar-refractivity contribution in [2.75, 3.05) is 53.0 Å². The summed E-state index contributed by atoms with van der Waals surface area (Å²) in [6.45, 7) is 11.5. The Morgan fingerprint density at radius 3 is 2.73 bits per heavy atom. The third kappa shape index (κ3) is 5.33. The average molecular weight is 492 g/mol. The van der Waals surface area contributed by atoms with E-state index < -0.39 is 0 Å². The van der Waals surface area contributed by atoms with Crippen LogP contribution in [0.5, 0.6) is 0 Å². The standard InChI is InChI=1S/C19H32N4OS.HI/c1-4-19(2)7-8-23(15-19)18(20-3)21-14-16(17-6-5-13-25-17)22-9-11-24-12-10-22;/h5-6,13,16H,4,7-12,14-15H2,1-3H3,(H,20,21);1H. The SMILES string of the molecule is CCC1(C)CCN(C(=NC)NCC(c2cccs2)N2CCOCC2)C1.I. The van der Waals surface area contributed by atoms with Crippen molar-refractivity contribution in [3.05, 3.63) is 22.4 Å². The van der Waals surface area contributed by atoms with Gasteiger partial charge in [0.25, 0.3) is 0 Å². The van der Waals surface area contributed by atoms with Crippen LogP contribution in [0.2, 0.25) is 0 Å². The molecule has 1 aromatic heterocycles. The van der Waals surface area contributed by atoms with E-state index in [4.69, 9.17) is 4.74 Å². The number of aliphatic imine (C=N–C) groups is 1. The smallest absolute Gasteiger partial charge is 0.193 e. The number of morpholine rings is 1. The number of thiophene rings is 1. The predicted octanol–water partition coefficient (Wildman–Crippen LogP) is 3.44. The summed E-state index contributed by atoms with van der Waals surface area (Å²) in [4.78, 5) is 10.9. The second kappa shape index (κ2) is 10.2. The zero-order valence-electron chi connectivity index (χ0n) is 16.2. The molecule has 1 aromatic rings. The summed E-state index contributed by atoms with van der Waals surface area (Å²) in [5.74, 6) is 1.05. The molecule has 26 heavy (non-hydrogen) atoms. The number of hydrogen-bond donors (Lipinski definition) is 1. The van der Waals surface area contributed by atoms with Crippen molar-refractivity contribution in [3.63, 3.8) is 0 Å². The lowest BCUT2D eigenvalue weighted by Crippen LogP contribution is -2.47. The molecule has 3 rings (SSSR count). The van der Waals surface area contributed by atoms with Gasteiger partial charge in [0.05, 0.1) is 19.3 Å². The number of nitrogens with one attached hydrogen (secondary N) is 1. The Labute approximate surface area is 179 Å². The lowest BCUT2D eigenvalue weighted by Gasteiger charge is -2.35. The predicted molar refractivity (Wildman–Crippen MR) is 121 cm³/mol. The molecule has 3 heterocycles. The highest BCUT2D eigenvalue weighted by atomic mass is 127. The molecule has 2 atom stereocenters. The van der Waals surface area contributed by atoms with Gasteiger partial charge >= 0.3 is 0 Å². The summed E-state index contributed by atoms with van der Waals surface area (Å²) < 4.78 is 5.54. The molecule has 0 amide bonds. The first-order valence-corrected chi connectivity index (χ1v) is 10.3. The van der Waals surface area contributed by atoms with E-state index in [2.05, 4.69) is 51.5 Å². The molecule has 0 bridgehead atoms. The Kier molecular flexibility index (Phi) is 8.63. The molecule has 0 aliphatic carbocycles. The maximum atomic E-state index is 5.54. The van der Waals surface area contributed by atoms with Gasteiger partial charge in [0.2, 0.25) is 0 Å². The number of hydrogen-bond acceptors (Lipinski definition) is 4. The van der Waals surface area contributed by atoms with Crippen molar-refractivity contribution in [1.29, 1.82) is 0 Å². The summed E-state index contributed by atoms with van der Waals surface area (Å²) in [6, 6.07) is 4.79. The minimum Gasteiger partial charge on any atom is -0.379 e. The number of halogens is 1. The van der Waals surface area contributed by atoms with Crippen molar-refractivity contribution >= 4 is 41.3 Å². The third-order valence-electron chi connectivity index (χ3n) is 5.73. The number of guanidine groups is 1. The minimum atomic E-state index is 0. The molecule has 2 saturated heterocycles. The van der Waals surface area contributed by atoms with Crippen LogP contribution in [0.15, 0.2) is 22.5 Å². The van der Waals surface area contributed by atoms with Crippen molar-refractivity contribution in [1.82, 2.24) is 15.1 Å². The summed E-state index contributed by atoms with van der Waals surface area (Å²) in [5, 5.41) is 5.83. The Balaban J connectivity index is 0.00000243. The highest BCUT2D eigenvalue weighted by molar-refractivity contribution is 14.0. The van der Waals surface area contributed by atoms with Crippen LogP contribution in [0.4, 0.5) is 0 Å². The Morgan fingerprint density at radius 1 is 1.38 bits per heavy atom. The van der Waals surface area contributed by atoms with Crippen molar-refractivity contribution in [2.24, 2.45) is 10.4 Å². The molecule has 1 N–H and O–H groups in total. The molecule has 148 valence electrons. The third-order valence-corrected chi connectivity index (χ3v) is 6.71. The Morgan fingerprint density at radius 2 is 2.15 bits per heavy atom. The van der Waals surface area contributed by atoms with Gasteiger partial charge in [0.15, 0.2) is 5.96 Å². The van der Waals surface area contributed by atoms with Gasteiger partial charge in [-0.1, -0.05) is 19.9 Å². The minimum absolute atomic E-state index is 0. The molecule has 0 saturated carbocycles. The van der Waals surface area contributed by atoms with Crippen LogP contribution < -0.4 is 5.32 Å². The first-order chi connectivity index (χ1) is 12.1. The number of likely N-dealkylation sites (tertiary alicyclic amines) is 1. The van der Waals surface area contributed by atoms with Gasteiger partial charge in [0.1, 0.15) is 0 Å². The fourth-order valence-corrected chi connectivity index (χ4v) is 4.65. The first kappa shape index (κ1) is 21.9. The topological polar surface area (TPSA) is 40.1 Å². The monoisotopic (exact) mass is 492 g/mol. The molecule has 7 heteroatoms. The lowest BCUT2D eigenvalue weighted by molar-refractivity contribution is 0.0176. The first-order valence-electron chi connectivity index (χ1n) is 9.46. The van der Waals surface area contributed by atoms with Crippen LogP contribution in [-0.2, 0) is 4.74 Å². The molecule has 2 aliphatic rings. The molecule has 0 spiro atoms. The van der Waals surface area contributed by atoms with E-state index in [1.54, 1.807) is 0 Å². The summed E-state index contributed by atoms with van der Waals surface area (Å²) in [5.41, 5.74) is 0.426. The van der Waals surface area contributed by atoms with Gasteiger partial charge in [-0.15, -0.1) is 35.3 Å². The van der Waals surface area contributed by atoms with Gasteiger partial charge in [-0.25, -0.2) is 0 Å². The summed E-state index contributed by atoms with van der Waals surface area (Å²) in [7, 11) is 1.90. The molecule has 5 nitrogen and oxygen atoms in total. The second-order valence-corrected chi connectivity index (χ2v) is 8.42. The van der Waals surface area contributed by atoms with Gasteiger partial charge < -0.3 is 15.0 Å². The number of nitrogens with zero attached hydrogens (tertiary/aromatic N) is 3. The zero-order valence-corrected chi connectivity index (χ0v) is 19.4. The zero-order chi connectivity index (χ0) is 17.7. The largest absolute Gasteiger partial charge is 0.379 e. The van der Waals surface area contributed by atoms with E-state index in [1.165, 1.54) is 17.7 Å². The molecule has 2 unspecified atom stereocenters. The van der Waals surface area contributed by atoms with E-state index >= 15 is 0 Å². The normalized spacial score (nSPS) is 25.8. The fraction of sp³-hybridized carbons (Fsp3) is 0.737. The van der Waals surface area contributed by atoms with Crippen molar-refractivity contribution < 1.29 is 4.74 Å². The van der Waals surface area contributed by atoms with Gasteiger partial charge in [-0.2, -0.15) is 0 Å². The number of rotatable bonds is 5. The summed E-state index contributed by atoms with van der Waals surface area (Å²) in [6.07, 6.45) is 2.48. The van der Waals surface area contributed by atoms with E-state index in [9.17, 15) is 0 Å². The van der Waals surface area contributed by atoms with Crippen LogP contribution in [-0.4, -0.2) is 68.7 Å². The van der Waals surface area contributed by atoms with Crippen molar-refractivity contribution in [3.8, 4) is 0 Å². The van der Waals surface area contributed by atoms with Crippen LogP contribution in [0.25, 0.3) is 0 Å². The second-order valence-electron chi connectivity index (χ2n) is 7.44. The van der Waals surface area contributed by atoms with E-state index in [1.807, 2.05) is 18.4 Å². The molecule has 2 fully saturated rings. The lowest BCUT2D eigenvalue weighted by atomic mass is 9.87. The Bertz CT molecular complexity index is 562. The highest BCUT2D eigenvalue weighted by Crippen LogP contribution is 2.33. The maximum absolute atomic E-state index is 5.54. The highest BCUT2D eigenvalue weighted by Gasteiger charge is 2.34. The van der Waals surface area contributed by atoms with Crippen LogP contribution in [0.3, 0.4) is 0 Å². The van der Waals surface area contributed by atoms with Gasteiger partial charge in [0, 0.05) is 44.6 Å². The Hall–Kier alpha value is -0.380. The van der Waals surface area contributed by atoms with E-state index in [0.717, 1.165) is 51.9 Å². The molecule has 0 aromatic carbocycles. The molecular formula is C19H33IN4OS. The number of ether oxygens (including phenoxy) is 1. The van der Waals surface area contributed by atoms with Gasteiger partial charge in [-0.05, 0) is 29.7 Å². The molecular weight excluding hydrogens is 459 g/mol. The quantitative estimate of drug-likeness (QED) is 0.389. The fourth-order valence-electron chi connectivity index (χ4n) is 3.79. The molecule has 0 radical (unpaired) electrons. The van der Waals surface area contributed by atoms with Crippen molar-refractivity contribution in [2.45, 2.75) is 32.7 Å². The van der Waals surface area contributed by atoms with E-state index in [-0.39, 0.29) is 24.0 Å². The van der Waals surface area contributed by atoms with E-state index in [0.29, 0.717) is 11.5 Å². The van der Waals surface area contributed by atoms with Crippen LogP contribution in [0.1, 0.15) is 37.6 Å². The van der Waals surface area contributed by atoms with Crippen LogP contribution >= 0.6 is 35.3 Å². The van der Waals surface area contributed by atoms with Crippen LogP contribution in [0, 0.1) is 5.41 Å². The average Bonchev–Trinajstić information content (AvgIpc) is 3.30.